The van der Waals surface area contributed by atoms with Crippen LogP contribution in [0.5, 0.6) is 0 Å². The van der Waals surface area contributed by atoms with E-state index in [0.29, 0.717) is 12.1 Å². The molecule has 0 aliphatic heterocycles. The lowest BCUT2D eigenvalue weighted by Gasteiger charge is -2.08. The van der Waals surface area contributed by atoms with Gasteiger partial charge in [0.05, 0.1) is 17.6 Å². The zero-order valence-corrected chi connectivity index (χ0v) is 35.1. The highest BCUT2D eigenvalue weighted by Crippen LogP contribution is 2.43. The molecule has 5 heteroatoms. The van der Waals surface area contributed by atoms with Gasteiger partial charge in [-0.15, -0.1) is 0 Å². The topological polar surface area (TPSA) is 80.3 Å². The Labute approximate surface area is 367 Å². The van der Waals surface area contributed by atoms with Crippen molar-refractivity contribution in [3.8, 4) is 39.1 Å². The Morgan fingerprint density at radius 3 is 1.68 bits per heavy atom. The van der Waals surface area contributed by atoms with E-state index in [9.17, 15) is 0 Å². The molecule has 0 saturated heterocycles. The fraction of sp³-hybridized carbons (Fsp3) is 0.0345. The molecular weight excluding hydrogens is 769 g/mol. The van der Waals surface area contributed by atoms with Crippen LogP contribution in [-0.4, -0.2) is 17.1 Å². The van der Waals surface area contributed by atoms with E-state index in [-0.39, 0.29) is 5.84 Å². The number of fused-ring (bicyclic) bond motifs is 6. The van der Waals surface area contributed by atoms with Gasteiger partial charge in [-0.2, -0.15) is 0 Å². The summed E-state index contributed by atoms with van der Waals surface area (Å²) in [5.41, 5.74) is 20.8. The van der Waals surface area contributed by atoms with Crippen molar-refractivity contribution in [2.45, 2.75) is 13.5 Å². The monoisotopic (exact) mass is 814 g/mol. The minimum absolute atomic E-state index is 0.0266. The van der Waals surface area contributed by atoms with Crippen molar-refractivity contribution < 1.29 is 4.42 Å². The van der Waals surface area contributed by atoms with Crippen LogP contribution in [-0.2, 0) is 6.54 Å². The summed E-state index contributed by atoms with van der Waals surface area (Å²) in [5.74, 6) is 0.0266. The summed E-state index contributed by atoms with van der Waals surface area (Å²) in [7, 11) is 0. The van der Waals surface area contributed by atoms with Gasteiger partial charge in [-0.3, -0.25) is 10.4 Å². The first-order valence-corrected chi connectivity index (χ1v) is 21.0. The van der Waals surface area contributed by atoms with Crippen LogP contribution in [0.15, 0.2) is 228 Å². The summed E-state index contributed by atoms with van der Waals surface area (Å²) < 4.78 is 8.97. The molecule has 3 N–H and O–H groups in total. The molecule has 0 aliphatic rings. The lowest BCUT2D eigenvalue weighted by atomic mass is 9.93. The van der Waals surface area contributed by atoms with E-state index < -0.39 is 0 Å². The first kappa shape index (κ1) is 40.1. The Kier molecular flexibility index (Phi) is 11.6. The number of nitrogens with two attached hydrogens (primary N) is 1. The number of aromatic nitrogens is 1. The molecule has 0 bridgehead atoms. The van der Waals surface area contributed by atoms with E-state index >= 15 is 0 Å². The Morgan fingerprint density at radius 1 is 0.524 bits per heavy atom. The van der Waals surface area contributed by atoms with Gasteiger partial charge in [0.1, 0.15) is 17.0 Å². The predicted molar refractivity (Wildman–Crippen MR) is 266 cm³/mol. The van der Waals surface area contributed by atoms with E-state index in [0.717, 1.165) is 55.3 Å². The van der Waals surface area contributed by atoms with Gasteiger partial charge in [0, 0.05) is 43.9 Å². The Balaban J connectivity index is 0.000000148. The van der Waals surface area contributed by atoms with E-state index in [1.165, 1.54) is 38.6 Å². The van der Waals surface area contributed by atoms with Crippen LogP contribution in [0, 0.1) is 12.3 Å². The molecule has 0 amide bonds. The Hall–Kier alpha value is -8.28. The highest BCUT2D eigenvalue weighted by Gasteiger charge is 2.21. The lowest BCUT2D eigenvalue weighted by Crippen LogP contribution is -2.11. The number of amidine groups is 1. The molecule has 11 aromatic rings. The molecule has 0 atom stereocenters. The van der Waals surface area contributed by atoms with Gasteiger partial charge in [0.15, 0.2) is 0 Å². The van der Waals surface area contributed by atoms with Crippen LogP contribution in [0.2, 0.25) is 0 Å². The summed E-state index contributed by atoms with van der Waals surface area (Å²) in [6.45, 7) is 6.33. The van der Waals surface area contributed by atoms with Crippen molar-refractivity contribution in [1.82, 2.24) is 4.57 Å². The number of hydrogen-bond donors (Lipinski definition) is 2. The lowest BCUT2D eigenvalue weighted by molar-refractivity contribution is 0.671. The Morgan fingerprint density at radius 2 is 1.08 bits per heavy atom. The number of hydrogen-bond acceptors (Lipinski definition) is 3. The predicted octanol–water partition coefficient (Wildman–Crippen LogP) is 14.9. The molecule has 0 radical (unpaired) electrons. The molecule has 2 heterocycles. The quantitative estimate of drug-likeness (QED) is 0.124. The van der Waals surface area contributed by atoms with Crippen LogP contribution >= 0.6 is 0 Å². The van der Waals surface area contributed by atoms with Gasteiger partial charge >= 0.3 is 0 Å². The second-order valence-corrected chi connectivity index (χ2v) is 15.5. The molecule has 304 valence electrons. The standard InChI is InChI=1S/C31H22N2O.C20H16N2.C7H8/c32-31(33)25-17-16-24(21-12-6-2-7-13-21)30-28(25)27-19-23(20-10-4-1-5-11-20)18-26(29(27)34-30)22-14-8-3-9-15-22;1-21-14-15-11-12-18-17-9-5-6-10-19(17)22(20(18)13-15)16-7-3-2-4-8-16;1-7-5-3-2-4-6-7/h1-19H,(H3,32,33);2-13H,1,14H2;2-6H,1H3. The zero-order chi connectivity index (χ0) is 43.1. The van der Waals surface area contributed by atoms with E-state index in [4.69, 9.17) is 15.6 Å². The third-order valence-electron chi connectivity index (χ3n) is 11.3. The van der Waals surface area contributed by atoms with Crippen molar-refractivity contribution in [3.63, 3.8) is 0 Å². The highest BCUT2D eigenvalue weighted by atomic mass is 16.3. The number of para-hydroxylation sites is 2. The van der Waals surface area contributed by atoms with Gasteiger partial charge in [-0.25, -0.2) is 0 Å². The molecule has 2 aromatic heterocycles. The number of rotatable bonds is 7. The first-order chi connectivity index (χ1) is 31.0. The smallest absolute Gasteiger partial charge is 0.144 e. The SMILES string of the molecule is C=NCc1ccc2c3ccccc3n(-c3ccccc3)c2c1.Cc1ccccc1.N=C(N)c1ccc(-c2ccccc2)c2oc3c(-c4ccccc4)cc(-c4ccccc4)cc3c12. The van der Waals surface area contributed by atoms with Gasteiger partial charge in [-0.05, 0) is 90.0 Å². The average molecular weight is 815 g/mol. The second kappa shape index (κ2) is 18.1. The van der Waals surface area contributed by atoms with Crippen molar-refractivity contribution in [2.75, 3.05) is 0 Å². The Bertz CT molecular complexity index is 3340. The number of nitrogens with one attached hydrogen (secondary N) is 1. The molecule has 63 heavy (non-hydrogen) atoms. The summed E-state index contributed by atoms with van der Waals surface area (Å²) in [6, 6.07) is 74.9. The number of aryl methyl sites for hydroxylation is 1. The second-order valence-electron chi connectivity index (χ2n) is 15.5. The van der Waals surface area contributed by atoms with E-state index in [2.05, 4.69) is 151 Å². The third kappa shape index (κ3) is 8.28. The van der Waals surface area contributed by atoms with Crippen molar-refractivity contribution in [1.29, 1.82) is 5.41 Å². The van der Waals surface area contributed by atoms with Gasteiger partial charge < -0.3 is 14.7 Å². The third-order valence-corrected chi connectivity index (χ3v) is 11.3. The summed E-state index contributed by atoms with van der Waals surface area (Å²) in [4.78, 5) is 4.01. The normalized spacial score (nSPS) is 10.9. The number of nitrogens with zero attached hydrogens (tertiary/aromatic N) is 2. The van der Waals surface area contributed by atoms with Gasteiger partial charge in [-0.1, -0.05) is 175 Å². The highest BCUT2D eigenvalue weighted by molar-refractivity contribution is 6.22. The maximum atomic E-state index is 8.28. The van der Waals surface area contributed by atoms with Crippen molar-refractivity contribution in [2.24, 2.45) is 10.7 Å². The zero-order valence-electron chi connectivity index (χ0n) is 35.1. The largest absolute Gasteiger partial charge is 0.455 e. The van der Waals surface area contributed by atoms with E-state index in [1.54, 1.807) is 0 Å². The summed E-state index contributed by atoms with van der Waals surface area (Å²) in [6.07, 6.45) is 0. The van der Waals surface area contributed by atoms with Crippen LogP contribution < -0.4 is 5.73 Å². The van der Waals surface area contributed by atoms with Gasteiger partial charge in [0.25, 0.3) is 0 Å². The van der Waals surface area contributed by atoms with Crippen molar-refractivity contribution >= 4 is 56.3 Å². The molecule has 0 unspecified atom stereocenters. The van der Waals surface area contributed by atoms with Gasteiger partial charge in [0.2, 0.25) is 0 Å². The first-order valence-electron chi connectivity index (χ1n) is 21.0. The summed E-state index contributed by atoms with van der Waals surface area (Å²) >= 11 is 0. The van der Waals surface area contributed by atoms with Crippen LogP contribution in [0.4, 0.5) is 0 Å². The molecular formula is C58H46N4O. The molecule has 11 rings (SSSR count). The number of furan rings is 1. The maximum Gasteiger partial charge on any atom is 0.144 e. The molecule has 9 aromatic carbocycles. The van der Waals surface area contributed by atoms with E-state index in [1.807, 2.05) is 91.0 Å². The molecule has 5 nitrogen and oxygen atoms in total. The average Bonchev–Trinajstić information content (AvgIpc) is 3.89. The molecule has 0 saturated carbocycles. The minimum Gasteiger partial charge on any atom is -0.455 e. The molecule has 0 fully saturated rings. The number of nitrogen functional groups attached to an aromatic ring is 1. The summed E-state index contributed by atoms with van der Waals surface area (Å²) in [5, 5.41) is 12.7. The number of benzene rings is 9. The molecule has 0 aliphatic carbocycles. The van der Waals surface area contributed by atoms with Crippen molar-refractivity contribution in [3.05, 3.63) is 235 Å². The van der Waals surface area contributed by atoms with Crippen LogP contribution in [0.25, 0.3) is 82.8 Å². The fourth-order valence-electron chi connectivity index (χ4n) is 8.31. The minimum atomic E-state index is 0.0266. The fourth-order valence-corrected chi connectivity index (χ4v) is 8.31. The molecule has 0 spiro atoms. The maximum absolute atomic E-state index is 8.28. The number of aliphatic imine (C=N–C) groups is 1. The van der Waals surface area contributed by atoms with Crippen LogP contribution in [0.3, 0.4) is 0 Å². The van der Waals surface area contributed by atoms with Crippen LogP contribution in [0.1, 0.15) is 16.7 Å².